The molecule has 0 bridgehead atoms. The minimum Gasteiger partial charge on any atom is -0.544 e. The standard InChI is InChI=1S/C13H23NOSi/c1-5-10-14-11-12-8-6-7-9-13(12)15-16(2,3)4/h6-9,14H,5,10-11H2,1-4H3. The molecule has 16 heavy (non-hydrogen) atoms. The van der Waals surface area contributed by atoms with E-state index in [0.717, 1.165) is 25.3 Å². The first-order valence-electron chi connectivity index (χ1n) is 6.00. The first-order valence-corrected chi connectivity index (χ1v) is 9.41. The molecule has 0 heterocycles. The molecule has 0 saturated carbocycles. The van der Waals surface area contributed by atoms with Crippen molar-refractivity contribution in [1.82, 2.24) is 5.32 Å². The summed E-state index contributed by atoms with van der Waals surface area (Å²) in [6.07, 6.45) is 1.16. The van der Waals surface area contributed by atoms with Crippen LogP contribution in [0.3, 0.4) is 0 Å². The van der Waals surface area contributed by atoms with E-state index in [4.69, 9.17) is 4.43 Å². The van der Waals surface area contributed by atoms with Crippen molar-refractivity contribution >= 4 is 8.32 Å². The van der Waals surface area contributed by atoms with Gasteiger partial charge in [0.1, 0.15) is 5.75 Å². The van der Waals surface area contributed by atoms with Gasteiger partial charge < -0.3 is 9.74 Å². The summed E-state index contributed by atoms with van der Waals surface area (Å²) < 4.78 is 6.06. The molecule has 0 aromatic heterocycles. The molecule has 1 aromatic carbocycles. The Balaban J connectivity index is 2.68. The summed E-state index contributed by atoms with van der Waals surface area (Å²) >= 11 is 0. The monoisotopic (exact) mass is 237 g/mol. The summed E-state index contributed by atoms with van der Waals surface area (Å²) in [6.45, 7) is 10.8. The van der Waals surface area contributed by atoms with Crippen LogP contribution >= 0.6 is 0 Å². The van der Waals surface area contributed by atoms with Gasteiger partial charge in [-0.05, 0) is 38.7 Å². The zero-order valence-electron chi connectivity index (χ0n) is 10.8. The number of nitrogens with one attached hydrogen (secondary N) is 1. The summed E-state index contributed by atoms with van der Waals surface area (Å²) in [7, 11) is -1.50. The Morgan fingerprint density at radius 2 is 1.88 bits per heavy atom. The van der Waals surface area contributed by atoms with Crippen LogP contribution in [-0.4, -0.2) is 14.9 Å². The molecular formula is C13H23NOSi. The van der Waals surface area contributed by atoms with Crippen molar-refractivity contribution < 1.29 is 4.43 Å². The maximum Gasteiger partial charge on any atom is 0.242 e. The van der Waals surface area contributed by atoms with Crippen LogP contribution in [0.1, 0.15) is 18.9 Å². The first-order chi connectivity index (χ1) is 7.53. The van der Waals surface area contributed by atoms with Crippen LogP contribution in [0.4, 0.5) is 0 Å². The molecule has 0 amide bonds. The second-order valence-electron chi connectivity index (χ2n) is 5.00. The van der Waals surface area contributed by atoms with E-state index in [9.17, 15) is 0 Å². The lowest BCUT2D eigenvalue weighted by atomic mass is 10.2. The van der Waals surface area contributed by atoms with E-state index in [2.05, 4.69) is 50.1 Å². The molecule has 2 nitrogen and oxygen atoms in total. The molecule has 1 aromatic rings. The maximum absolute atomic E-state index is 6.06. The van der Waals surface area contributed by atoms with Gasteiger partial charge in [0.05, 0.1) is 0 Å². The summed E-state index contributed by atoms with van der Waals surface area (Å²) in [6, 6.07) is 8.32. The van der Waals surface area contributed by atoms with Gasteiger partial charge in [-0.15, -0.1) is 0 Å². The predicted octanol–water partition coefficient (Wildman–Crippen LogP) is 3.40. The van der Waals surface area contributed by atoms with Gasteiger partial charge in [-0.2, -0.15) is 0 Å². The quantitative estimate of drug-likeness (QED) is 0.605. The van der Waals surface area contributed by atoms with Gasteiger partial charge in [0, 0.05) is 12.1 Å². The molecule has 0 fully saturated rings. The van der Waals surface area contributed by atoms with E-state index in [1.54, 1.807) is 0 Å². The number of para-hydroxylation sites is 1. The van der Waals surface area contributed by atoms with Crippen LogP contribution < -0.4 is 9.74 Å². The van der Waals surface area contributed by atoms with Crippen LogP contribution in [0.25, 0.3) is 0 Å². The van der Waals surface area contributed by atoms with Crippen LogP contribution in [0.2, 0.25) is 19.6 Å². The van der Waals surface area contributed by atoms with Gasteiger partial charge in [0.2, 0.25) is 8.32 Å². The van der Waals surface area contributed by atoms with Crippen molar-refractivity contribution in [2.75, 3.05) is 6.54 Å². The van der Waals surface area contributed by atoms with E-state index >= 15 is 0 Å². The highest BCUT2D eigenvalue weighted by atomic mass is 28.4. The van der Waals surface area contributed by atoms with E-state index in [1.165, 1.54) is 5.56 Å². The molecule has 90 valence electrons. The highest BCUT2D eigenvalue weighted by molar-refractivity contribution is 6.70. The van der Waals surface area contributed by atoms with Gasteiger partial charge >= 0.3 is 0 Å². The summed E-state index contributed by atoms with van der Waals surface area (Å²) in [5.74, 6) is 1.05. The lowest BCUT2D eigenvalue weighted by Gasteiger charge is -2.21. The van der Waals surface area contributed by atoms with Crippen molar-refractivity contribution in [1.29, 1.82) is 0 Å². The van der Waals surface area contributed by atoms with Crippen LogP contribution in [0.15, 0.2) is 24.3 Å². The van der Waals surface area contributed by atoms with Crippen molar-refractivity contribution in [3.05, 3.63) is 29.8 Å². The molecule has 0 atom stereocenters. The van der Waals surface area contributed by atoms with Crippen LogP contribution in [-0.2, 0) is 6.54 Å². The normalized spacial score (nSPS) is 11.5. The Labute approximate surface area is 100 Å². The number of rotatable bonds is 6. The molecule has 0 radical (unpaired) electrons. The summed E-state index contributed by atoms with van der Waals surface area (Å²) in [5, 5.41) is 3.41. The van der Waals surface area contributed by atoms with E-state index in [0.29, 0.717) is 0 Å². The average molecular weight is 237 g/mol. The SMILES string of the molecule is CCCNCc1ccccc1O[Si](C)(C)C. The second-order valence-corrected chi connectivity index (χ2v) is 9.43. The molecule has 0 spiro atoms. The average Bonchev–Trinajstić information content (AvgIpc) is 2.19. The molecule has 3 heteroatoms. The molecule has 0 saturated heterocycles. The molecule has 1 N–H and O–H groups in total. The molecule has 0 aliphatic heterocycles. The Bertz CT molecular complexity index is 320. The van der Waals surface area contributed by atoms with Gasteiger partial charge in [-0.25, -0.2) is 0 Å². The van der Waals surface area contributed by atoms with Crippen molar-refractivity contribution in [3.8, 4) is 5.75 Å². The fraction of sp³-hybridized carbons (Fsp3) is 0.538. The Hall–Kier alpha value is -0.803. The van der Waals surface area contributed by atoms with Gasteiger partial charge in [0.25, 0.3) is 0 Å². The van der Waals surface area contributed by atoms with E-state index in [-0.39, 0.29) is 0 Å². The fourth-order valence-electron chi connectivity index (χ4n) is 1.48. The molecule has 0 aliphatic rings. The number of benzene rings is 1. The van der Waals surface area contributed by atoms with Gasteiger partial charge in [0.15, 0.2) is 0 Å². The lowest BCUT2D eigenvalue weighted by molar-refractivity contribution is 0.541. The lowest BCUT2D eigenvalue weighted by Crippen LogP contribution is -2.30. The Morgan fingerprint density at radius 3 is 2.50 bits per heavy atom. The van der Waals surface area contributed by atoms with Crippen molar-refractivity contribution in [3.63, 3.8) is 0 Å². The first kappa shape index (κ1) is 13.3. The second kappa shape index (κ2) is 6.06. The molecule has 0 unspecified atom stereocenters. The number of hydrogen-bond acceptors (Lipinski definition) is 2. The molecular weight excluding hydrogens is 214 g/mol. The minimum absolute atomic E-state index is 0.897. The predicted molar refractivity (Wildman–Crippen MR) is 72.4 cm³/mol. The molecule has 0 aliphatic carbocycles. The third kappa shape index (κ3) is 4.81. The largest absolute Gasteiger partial charge is 0.544 e. The Morgan fingerprint density at radius 1 is 1.19 bits per heavy atom. The molecule has 1 rings (SSSR count). The Kier molecular flexibility index (Phi) is 5.02. The fourth-order valence-corrected chi connectivity index (χ4v) is 2.34. The zero-order valence-corrected chi connectivity index (χ0v) is 11.8. The van der Waals surface area contributed by atoms with Gasteiger partial charge in [-0.1, -0.05) is 25.1 Å². The summed E-state index contributed by atoms with van der Waals surface area (Å²) in [5.41, 5.74) is 1.26. The number of hydrogen-bond donors (Lipinski definition) is 1. The maximum atomic E-state index is 6.06. The minimum atomic E-state index is -1.50. The van der Waals surface area contributed by atoms with E-state index < -0.39 is 8.32 Å². The third-order valence-electron chi connectivity index (χ3n) is 2.13. The third-order valence-corrected chi connectivity index (χ3v) is 2.96. The topological polar surface area (TPSA) is 21.3 Å². The van der Waals surface area contributed by atoms with E-state index in [1.807, 2.05) is 6.07 Å². The summed E-state index contributed by atoms with van der Waals surface area (Å²) in [4.78, 5) is 0. The van der Waals surface area contributed by atoms with Crippen molar-refractivity contribution in [2.24, 2.45) is 0 Å². The highest BCUT2D eigenvalue weighted by Gasteiger charge is 2.17. The van der Waals surface area contributed by atoms with Crippen molar-refractivity contribution in [2.45, 2.75) is 39.5 Å². The zero-order chi connectivity index (χ0) is 12.0. The van der Waals surface area contributed by atoms with Crippen LogP contribution in [0.5, 0.6) is 5.75 Å². The highest BCUT2D eigenvalue weighted by Crippen LogP contribution is 2.21. The van der Waals surface area contributed by atoms with Gasteiger partial charge in [-0.3, -0.25) is 0 Å². The van der Waals surface area contributed by atoms with Crippen LogP contribution in [0, 0.1) is 0 Å². The smallest absolute Gasteiger partial charge is 0.242 e.